The standard InChI is InChI=1S/C26H29FN6O4/c1-14-8-18(27)19(30-25(36)31-23-12-21(37-32-23)26(2,3)4)10-16(14)17-9-15-13-29-22(28-5)11-20(15)33(6-7-34)24(17)35/h8-13,34H,6-7H2,1-5H3,(H,28,29)(H2,30,31,32,36). The van der Waals surface area contributed by atoms with Crippen LogP contribution in [-0.2, 0) is 12.0 Å². The third-order valence-corrected chi connectivity index (χ3v) is 5.90. The minimum atomic E-state index is -0.720. The molecular weight excluding hydrogens is 479 g/mol. The number of hydrogen-bond acceptors (Lipinski definition) is 7. The first-order valence-electron chi connectivity index (χ1n) is 11.7. The molecule has 0 aliphatic carbocycles. The minimum Gasteiger partial charge on any atom is -0.395 e. The summed E-state index contributed by atoms with van der Waals surface area (Å²) in [5.41, 5.74) is 1.04. The van der Waals surface area contributed by atoms with Gasteiger partial charge in [-0.25, -0.2) is 14.2 Å². The molecule has 0 fully saturated rings. The van der Waals surface area contributed by atoms with Crippen LogP contribution >= 0.6 is 0 Å². The van der Waals surface area contributed by atoms with Gasteiger partial charge in [0.25, 0.3) is 5.56 Å². The van der Waals surface area contributed by atoms with Crippen molar-refractivity contribution in [2.24, 2.45) is 0 Å². The van der Waals surface area contributed by atoms with Crippen molar-refractivity contribution >= 4 is 34.3 Å². The summed E-state index contributed by atoms with van der Waals surface area (Å²) >= 11 is 0. The molecule has 3 aromatic heterocycles. The zero-order chi connectivity index (χ0) is 26.9. The van der Waals surface area contributed by atoms with Gasteiger partial charge in [0.2, 0.25) is 0 Å². The molecule has 1 aromatic carbocycles. The fraction of sp³-hybridized carbons (Fsp3) is 0.308. The molecule has 10 nitrogen and oxygen atoms in total. The first-order chi connectivity index (χ1) is 17.5. The van der Waals surface area contributed by atoms with E-state index in [-0.39, 0.29) is 41.2 Å². The van der Waals surface area contributed by atoms with E-state index in [1.807, 2.05) is 20.8 Å². The van der Waals surface area contributed by atoms with E-state index < -0.39 is 11.8 Å². The second-order valence-corrected chi connectivity index (χ2v) is 9.67. The predicted octanol–water partition coefficient (Wildman–Crippen LogP) is 4.47. The normalized spacial score (nSPS) is 11.5. The van der Waals surface area contributed by atoms with Gasteiger partial charge in [-0.3, -0.25) is 10.1 Å². The van der Waals surface area contributed by atoms with Crippen molar-refractivity contribution in [2.45, 2.75) is 39.7 Å². The topological polar surface area (TPSA) is 134 Å². The van der Waals surface area contributed by atoms with Gasteiger partial charge in [0.05, 0.1) is 17.8 Å². The van der Waals surface area contributed by atoms with Crippen LogP contribution in [0, 0.1) is 12.7 Å². The van der Waals surface area contributed by atoms with E-state index in [9.17, 15) is 19.1 Å². The van der Waals surface area contributed by atoms with Gasteiger partial charge in [-0.2, -0.15) is 0 Å². The molecule has 2 amide bonds. The maximum absolute atomic E-state index is 14.8. The zero-order valence-electron chi connectivity index (χ0n) is 21.3. The van der Waals surface area contributed by atoms with Crippen LogP contribution in [0.2, 0.25) is 0 Å². The Kier molecular flexibility index (Phi) is 6.99. The predicted molar refractivity (Wildman–Crippen MR) is 141 cm³/mol. The number of carbonyl (C=O) groups is 1. The van der Waals surface area contributed by atoms with Crippen LogP contribution in [0.1, 0.15) is 32.1 Å². The smallest absolute Gasteiger partial charge is 0.325 e. The van der Waals surface area contributed by atoms with Crippen LogP contribution in [0.4, 0.5) is 26.5 Å². The number of rotatable bonds is 6. The van der Waals surface area contributed by atoms with Crippen molar-refractivity contribution < 1.29 is 18.8 Å². The molecule has 0 bridgehead atoms. The number of carbonyl (C=O) groups excluding carboxylic acids is 1. The Balaban J connectivity index is 1.71. The van der Waals surface area contributed by atoms with Crippen LogP contribution in [-0.4, -0.2) is 39.5 Å². The molecule has 0 spiro atoms. The van der Waals surface area contributed by atoms with Crippen molar-refractivity contribution in [3.8, 4) is 11.1 Å². The molecule has 0 saturated heterocycles. The maximum Gasteiger partial charge on any atom is 0.325 e. The van der Waals surface area contributed by atoms with Crippen LogP contribution in [0.15, 0.2) is 45.8 Å². The Morgan fingerprint density at radius 3 is 2.51 bits per heavy atom. The van der Waals surface area contributed by atoms with Crippen molar-refractivity contribution in [2.75, 3.05) is 29.6 Å². The second-order valence-electron chi connectivity index (χ2n) is 9.67. The zero-order valence-corrected chi connectivity index (χ0v) is 21.3. The second kappa shape index (κ2) is 10.0. The Bertz CT molecular complexity index is 1540. The minimum absolute atomic E-state index is 0.0678. The van der Waals surface area contributed by atoms with Crippen molar-refractivity contribution in [3.63, 3.8) is 0 Å². The van der Waals surface area contributed by atoms with Gasteiger partial charge < -0.3 is 24.8 Å². The summed E-state index contributed by atoms with van der Waals surface area (Å²) in [6.07, 6.45) is 1.62. The lowest BCUT2D eigenvalue weighted by Gasteiger charge is -2.15. The largest absolute Gasteiger partial charge is 0.395 e. The van der Waals surface area contributed by atoms with Gasteiger partial charge >= 0.3 is 6.03 Å². The summed E-state index contributed by atoms with van der Waals surface area (Å²) in [5, 5.41) is 22.0. The number of benzene rings is 1. The molecular formula is C26H29FN6O4. The quantitative estimate of drug-likeness (QED) is 0.302. The summed E-state index contributed by atoms with van der Waals surface area (Å²) in [6.45, 7) is 7.32. The SMILES string of the molecule is CNc1cc2c(cn1)cc(-c1cc(NC(=O)Nc3cc(C(C)(C)C)on3)c(F)cc1C)c(=O)n2CCO. The van der Waals surface area contributed by atoms with Gasteiger partial charge in [-0.15, -0.1) is 0 Å². The first-order valence-corrected chi connectivity index (χ1v) is 11.7. The summed E-state index contributed by atoms with van der Waals surface area (Å²) in [7, 11) is 1.72. The van der Waals surface area contributed by atoms with Gasteiger partial charge in [0, 0.05) is 48.3 Å². The number of urea groups is 1. The molecule has 4 rings (SSSR count). The Morgan fingerprint density at radius 1 is 1.11 bits per heavy atom. The molecule has 0 atom stereocenters. The van der Waals surface area contributed by atoms with Gasteiger partial charge in [0.15, 0.2) is 5.82 Å². The number of anilines is 3. The molecule has 0 aliphatic heterocycles. The summed E-state index contributed by atoms with van der Waals surface area (Å²) in [6, 6.07) is 6.94. The molecule has 11 heteroatoms. The number of aryl methyl sites for hydroxylation is 1. The molecule has 194 valence electrons. The lowest BCUT2D eigenvalue weighted by atomic mass is 9.93. The first kappa shape index (κ1) is 25.8. The highest BCUT2D eigenvalue weighted by atomic mass is 19.1. The van der Waals surface area contributed by atoms with E-state index in [0.717, 1.165) is 0 Å². The monoisotopic (exact) mass is 508 g/mol. The van der Waals surface area contributed by atoms with Crippen LogP contribution < -0.4 is 21.5 Å². The number of aliphatic hydroxyl groups is 1. The number of nitrogens with one attached hydrogen (secondary N) is 3. The van der Waals surface area contributed by atoms with Crippen LogP contribution in [0.5, 0.6) is 0 Å². The molecule has 37 heavy (non-hydrogen) atoms. The number of aromatic nitrogens is 3. The fourth-order valence-corrected chi connectivity index (χ4v) is 3.94. The number of fused-ring (bicyclic) bond motifs is 1. The van der Waals surface area contributed by atoms with Gasteiger partial charge in [-0.05, 0) is 36.2 Å². The Hall–Kier alpha value is -4.25. The molecule has 0 unspecified atom stereocenters. The van der Waals surface area contributed by atoms with E-state index in [2.05, 4.69) is 26.1 Å². The average molecular weight is 509 g/mol. The van der Waals surface area contributed by atoms with E-state index in [1.165, 1.54) is 16.7 Å². The number of amides is 2. The number of nitrogens with zero attached hydrogens (tertiary/aromatic N) is 3. The summed E-state index contributed by atoms with van der Waals surface area (Å²) < 4.78 is 21.5. The summed E-state index contributed by atoms with van der Waals surface area (Å²) in [4.78, 5) is 30.4. The lowest BCUT2D eigenvalue weighted by Crippen LogP contribution is -2.24. The van der Waals surface area contributed by atoms with E-state index in [0.29, 0.717) is 33.6 Å². The Morgan fingerprint density at radius 2 is 1.86 bits per heavy atom. The van der Waals surface area contributed by atoms with Crippen LogP contribution in [0.25, 0.3) is 22.0 Å². The number of halogens is 1. The highest BCUT2D eigenvalue weighted by Gasteiger charge is 2.21. The molecule has 0 aliphatic rings. The average Bonchev–Trinajstić information content (AvgIpc) is 3.31. The highest BCUT2D eigenvalue weighted by molar-refractivity contribution is 6.00. The van der Waals surface area contributed by atoms with Crippen molar-refractivity contribution in [1.82, 2.24) is 14.7 Å². The van der Waals surface area contributed by atoms with E-state index in [4.69, 9.17) is 4.52 Å². The molecule has 0 radical (unpaired) electrons. The molecule has 0 saturated carbocycles. The van der Waals surface area contributed by atoms with Crippen LogP contribution in [0.3, 0.4) is 0 Å². The number of aliphatic hydroxyl groups excluding tert-OH is 1. The van der Waals surface area contributed by atoms with Gasteiger partial charge in [0.1, 0.15) is 17.4 Å². The van der Waals surface area contributed by atoms with Gasteiger partial charge in [-0.1, -0.05) is 25.9 Å². The van der Waals surface area contributed by atoms with E-state index in [1.54, 1.807) is 38.4 Å². The molecule has 3 heterocycles. The van der Waals surface area contributed by atoms with Crippen molar-refractivity contribution in [3.05, 3.63) is 64.0 Å². The molecule has 4 aromatic rings. The maximum atomic E-state index is 14.8. The highest BCUT2D eigenvalue weighted by Crippen LogP contribution is 2.30. The van der Waals surface area contributed by atoms with E-state index >= 15 is 0 Å². The number of pyridine rings is 2. The third-order valence-electron chi connectivity index (χ3n) is 5.90. The Labute approximate surface area is 212 Å². The lowest BCUT2D eigenvalue weighted by molar-refractivity contribution is 0.261. The fourth-order valence-electron chi connectivity index (χ4n) is 3.94. The summed E-state index contributed by atoms with van der Waals surface area (Å²) in [5.74, 6) is 0.677. The van der Waals surface area contributed by atoms with Crippen molar-refractivity contribution in [1.29, 1.82) is 0 Å². The third kappa shape index (κ3) is 5.31. The molecule has 4 N–H and O–H groups in total. The number of hydrogen-bond donors (Lipinski definition) is 4.